The van der Waals surface area contributed by atoms with Crippen molar-refractivity contribution >= 4 is 33.4 Å². The zero-order valence-corrected chi connectivity index (χ0v) is 16.1. The van der Waals surface area contributed by atoms with Gasteiger partial charge in [0.2, 0.25) is 0 Å². The summed E-state index contributed by atoms with van der Waals surface area (Å²) in [5, 5.41) is 2.28. The predicted octanol–water partition coefficient (Wildman–Crippen LogP) is 6.13. The number of hydrogen-bond donors (Lipinski definition) is 0. The van der Waals surface area contributed by atoms with Gasteiger partial charge in [-0.3, -0.25) is 4.79 Å². The van der Waals surface area contributed by atoms with Gasteiger partial charge in [0.15, 0.2) is 0 Å². The van der Waals surface area contributed by atoms with Crippen molar-refractivity contribution in [1.29, 1.82) is 0 Å². The summed E-state index contributed by atoms with van der Waals surface area (Å²) in [5.41, 5.74) is 4.83. The number of fused-ring (bicyclic) bond motifs is 3. The van der Waals surface area contributed by atoms with Crippen LogP contribution in [0.3, 0.4) is 0 Å². The van der Waals surface area contributed by atoms with Gasteiger partial charge >= 0.3 is 0 Å². The topological polar surface area (TPSA) is 42.9 Å². The molecule has 0 bridgehead atoms. The Balaban J connectivity index is 1.97. The number of pyridine rings is 1. The molecule has 0 N–H and O–H groups in total. The summed E-state index contributed by atoms with van der Waals surface area (Å²) in [5.74, 6) is 0. The third-order valence-electron chi connectivity index (χ3n) is 4.94. The van der Waals surface area contributed by atoms with Crippen molar-refractivity contribution in [2.24, 2.45) is 0 Å². The molecule has 5 aromatic rings. The van der Waals surface area contributed by atoms with Crippen LogP contribution in [-0.2, 0) is 0 Å². The Kier molecular flexibility index (Phi) is 4.30. The second kappa shape index (κ2) is 7.12. The zero-order chi connectivity index (χ0) is 19.8. The molecule has 0 aliphatic heterocycles. The Morgan fingerprint density at radius 2 is 1.38 bits per heavy atom. The number of benzene rings is 3. The number of aromatic nitrogens is 2. The van der Waals surface area contributed by atoms with E-state index in [-0.39, 0.29) is 5.56 Å². The van der Waals surface area contributed by atoms with Gasteiger partial charge in [0.25, 0.3) is 5.56 Å². The molecular formula is C25H15ClN2O. The van der Waals surface area contributed by atoms with E-state index in [4.69, 9.17) is 16.6 Å². The number of halogens is 1. The Morgan fingerprint density at radius 3 is 2.17 bits per heavy atom. The van der Waals surface area contributed by atoms with Crippen LogP contribution in [0.5, 0.6) is 0 Å². The van der Waals surface area contributed by atoms with Crippen LogP contribution in [0.25, 0.3) is 44.2 Å². The van der Waals surface area contributed by atoms with Crippen molar-refractivity contribution in [2.45, 2.75) is 0 Å². The lowest BCUT2D eigenvalue weighted by atomic mass is 9.98. The van der Waals surface area contributed by atoms with Crippen LogP contribution in [0.1, 0.15) is 0 Å². The number of nitrogens with zero attached hydrogens (tertiary/aromatic N) is 2. The number of para-hydroxylation sites is 1. The highest BCUT2D eigenvalue weighted by molar-refractivity contribution is 6.30. The average molecular weight is 395 g/mol. The minimum absolute atomic E-state index is 0.291. The molecule has 3 aromatic carbocycles. The van der Waals surface area contributed by atoms with Crippen LogP contribution in [0.15, 0.2) is 95.8 Å². The van der Waals surface area contributed by atoms with E-state index in [0.29, 0.717) is 10.5 Å². The molecule has 0 radical (unpaired) electrons. The summed E-state index contributed by atoms with van der Waals surface area (Å²) in [6.45, 7) is 0. The van der Waals surface area contributed by atoms with Gasteiger partial charge in [0.1, 0.15) is 0 Å². The van der Waals surface area contributed by atoms with E-state index in [1.807, 2.05) is 84.9 Å². The number of hydrogen-bond acceptors (Lipinski definition) is 3. The first kappa shape index (κ1) is 17.5. The van der Waals surface area contributed by atoms with Crippen LogP contribution < -0.4 is 5.56 Å². The van der Waals surface area contributed by atoms with E-state index < -0.39 is 0 Å². The molecule has 0 aliphatic carbocycles. The lowest BCUT2D eigenvalue weighted by molar-refractivity contribution is 1.33. The van der Waals surface area contributed by atoms with Gasteiger partial charge in [0.05, 0.1) is 16.7 Å². The molecule has 138 valence electrons. The fourth-order valence-corrected chi connectivity index (χ4v) is 3.70. The summed E-state index contributed by atoms with van der Waals surface area (Å²) >= 11 is 6.10. The highest BCUT2D eigenvalue weighted by Crippen LogP contribution is 2.34. The summed E-state index contributed by atoms with van der Waals surface area (Å²) in [6.07, 6.45) is 0. The largest absolute Gasteiger partial charge is 0.270 e. The normalized spacial score (nSPS) is 11.1. The van der Waals surface area contributed by atoms with Crippen LogP contribution in [0.4, 0.5) is 0 Å². The predicted molar refractivity (Wildman–Crippen MR) is 119 cm³/mol. The van der Waals surface area contributed by atoms with Crippen LogP contribution in [0.2, 0.25) is 5.02 Å². The third-order valence-corrected chi connectivity index (χ3v) is 5.19. The Morgan fingerprint density at radius 1 is 0.655 bits per heavy atom. The van der Waals surface area contributed by atoms with Crippen molar-refractivity contribution < 1.29 is 0 Å². The summed E-state index contributed by atoms with van der Waals surface area (Å²) in [4.78, 5) is 21.7. The Hall–Kier alpha value is -3.56. The van der Waals surface area contributed by atoms with Gasteiger partial charge < -0.3 is 0 Å². The quantitative estimate of drug-likeness (QED) is 0.361. The van der Waals surface area contributed by atoms with Crippen LogP contribution in [-0.4, -0.2) is 9.97 Å². The Bertz CT molecular complexity index is 1410. The molecule has 5 rings (SSSR count). The lowest BCUT2D eigenvalue weighted by Gasteiger charge is -2.10. The zero-order valence-electron chi connectivity index (χ0n) is 15.3. The molecule has 0 spiro atoms. The molecule has 0 unspecified atom stereocenters. The van der Waals surface area contributed by atoms with Crippen molar-refractivity contribution in [3.8, 4) is 22.4 Å². The van der Waals surface area contributed by atoms with Crippen LogP contribution >= 0.6 is 11.6 Å². The van der Waals surface area contributed by atoms with E-state index in [1.165, 1.54) is 0 Å². The molecule has 0 saturated carbocycles. The highest BCUT2D eigenvalue weighted by atomic mass is 35.5. The van der Waals surface area contributed by atoms with Gasteiger partial charge in [-0.2, -0.15) is 0 Å². The maximum absolute atomic E-state index is 12.5. The van der Waals surface area contributed by atoms with Crippen molar-refractivity contribution in [3.63, 3.8) is 0 Å². The average Bonchev–Trinajstić information content (AvgIpc) is 2.90. The highest BCUT2D eigenvalue weighted by Gasteiger charge is 2.12. The van der Waals surface area contributed by atoms with E-state index in [1.54, 1.807) is 6.07 Å². The molecule has 0 aliphatic rings. The van der Waals surface area contributed by atoms with E-state index >= 15 is 0 Å². The molecule has 2 aromatic heterocycles. The SMILES string of the molecule is O=c1cc2c(-c3ccc(Cl)cc3)cc(-c3ccccc3)nc2c2ccccc2n1. The Labute approximate surface area is 172 Å². The summed E-state index contributed by atoms with van der Waals surface area (Å²) < 4.78 is 0. The molecule has 2 heterocycles. The van der Waals surface area contributed by atoms with Crippen molar-refractivity contribution in [3.05, 3.63) is 106 Å². The second-order valence-corrected chi connectivity index (χ2v) is 7.24. The molecule has 0 amide bonds. The van der Waals surface area contributed by atoms with Gasteiger partial charge in [0, 0.05) is 27.4 Å². The lowest BCUT2D eigenvalue weighted by Crippen LogP contribution is -1.98. The molecule has 0 fully saturated rings. The minimum atomic E-state index is -0.291. The van der Waals surface area contributed by atoms with E-state index in [0.717, 1.165) is 38.7 Å². The second-order valence-electron chi connectivity index (χ2n) is 6.80. The third kappa shape index (κ3) is 3.26. The molecule has 0 saturated heterocycles. The minimum Gasteiger partial charge on any atom is -0.267 e. The maximum Gasteiger partial charge on any atom is 0.270 e. The van der Waals surface area contributed by atoms with Gasteiger partial charge in [-0.1, -0.05) is 72.3 Å². The molecular weight excluding hydrogens is 380 g/mol. The molecule has 29 heavy (non-hydrogen) atoms. The molecule has 4 heteroatoms. The first-order chi connectivity index (χ1) is 14.2. The smallest absolute Gasteiger partial charge is 0.267 e. The fourth-order valence-electron chi connectivity index (χ4n) is 3.58. The molecule has 3 nitrogen and oxygen atoms in total. The first-order valence-corrected chi connectivity index (χ1v) is 9.63. The van der Waals surface area contributed by atoms with Crippen LogP contribution in [0, 0.1) is 0 Å². The summed E-state index contributed by atoms with van der Waals surface area (Å²) in [6, 6.07) is 28.8. The molecule has 0 atom stereocenters. The van der Waals surface area contributed by atoms with Gasteiger partial charge in [-0.05, 0) is 35.4 Å². The summed E-state index contributed by atoms with van der Waals surface area (Å²) in [7, 11) is 0. The monoisotopic (exact) mass is 394 g/mol. The van der Waals surface area contributed by atoms with E-state index in [2.05, 4.69) is 4.98 Å². The van der Waals surface area contributed by atoms with Crippen molar-refractivity contribution in [2.75, 3.05) is 0 Å². The van der Waals surface area contributed by atoms with Gasteiger partial charge in [-0.25, -0.2) is 9.97 Å². The van der Waals surface area contributed by atoms with E-state index in [9.17, 15) is 4.79 Å². The van der Waals surface area contributed by atoms with Crippen molar-refractivity contribution in [1.82, 2.24) is 9.97 Å². The van der Waals surface area contributed by atoms with Gasteiger partial charge in [-0.15, -0.1) is 0 Å². The maximum atomic E-state index is 12.5. The fraction of sp³-hybridized carbons (Fsp3) is 0. The number of rotatable bonds is 2. The first-order valence-electron chi connectivity index (χ1n) is 9.25. The standard InChI is InChI=1S/C25H15ClN2O/c26-18-12-10-16(11-13-18)20-14-23(17-6-2-1-3-7-17)28-25-19-8-4-5-9-22(19)27-24(29)15-21(20)25/h1-15H.